The monoisotopic (exact) mass is 327 g/mol. The van der Waals surface area contributed by atoms with Gasteiger partial charge in [-0.1, -0.05) is 0 Å². The quantitative estimate of drug-likeness (QED) is 0.756. The Morgan fingerprint density at radius 3 is 3.05 bits per heavy atom. The van der Waals surface area contributed by atoms with E-state index >= 15 is 0 Å². The highest BCUT2D eigenvalue weighted by atomic mass is 35.5. The minimum absolute atomic E-state index is 0. The van der Waals surface area contributed by atoms with Gasteiger partial charge in [-0.2, -0.15) is 0 Å². The van der Waals surface area contributed by atoms with Gasteiger partial charge in [-0.15, -0.1) is 12.4 Å². The number of aromatic amines is 1. The lowest BCUT2D eigenvalue weighted by Gasteiger charge is -2.27. The van der Waals surface area contributed by atoms with E-state index in [4.69, 9.17) is 22.7 Å². The molecule has 4 N–H and O–H groups in total. The number of hydrogen-bond donors (Lipinski definition) is 3. The number of nitrogens with zero attached hydrogens (tertiary/aromatic N) is 1. The second kappa shape index (κ2) is 6.51. The van der Waals surface area contributed by atoms with Crippen molar-refractivity contribution in [1.82, 2.24) is 9.55 Å². The molecule has 0 radical (unpaired) electrons. The number of aromatic hydroxyl groups is 1. The van der Waals surface area contributed by atoms with Crippen molar-refractivity contribution in [2.24, 2.45) is 5.73 Å². The van der Waals surface area contributed by atoms with Gasteiger partial charge in [-0.3, -0.25) is 0 Å². The van der Waals surface area contributed by atoms with E-state index in [0.717, 1.165) is 29.8 Å². The summed E-state index contributed by atoms with van der Waals surface area (Å²) in [4.78, 5) is 3.07. The molecule has 1 unspecified atom stereocenters. The summed E-state index contributed by atoms with van der Waals surface area (Å²) in [5.41, 5.74) is 7.73. The number of rotatable bonds is 3. The number of nitrogens with two attached hydrogens (primary N) is 1. The Balaban J connectivity index is 0.00000161. The number of nitrogens with one attached hydrogen (secondary N) is 1. The van der Waals surface area contributed by atoms with E-state index in [1.54, 1.807) is 18.2 Å². The average molecular weight is 328 g/mol. The topological polar surface area (TPSA) is 76.2 Å². The summed E-state index contributed by atoms with van der Waals surface area (Å²) in [5.74, 6) is 1.09. The molecule has 0 fully saturated rings. The molecule has 2 aromatic rings. The molecule has 1 aliphatic heterocycles. The zero-order valence-electron chi connectivity index (χ0n) is 11.4. The lowest BCUT2D eigenvalue weighted by Crippen LogP contribution is -2.26. The Morgan fingerprint density at radius 1 is 1.48 bits per heavy atom. The Kier molecular flexibility index (Phi) is 4.92. The van der Waals surface area contributed by atoms with E-state index in [9.17, 15) is 5.11 Å². The van der Waals surface area contributed by atoms with Crippen LogP contribution in [0.3, 0.4) is 0 Å². The van der Waals surface area contributed by atoms with Gasteiger partial charge in [-0.05, 0) is 42.5 Å². The molecule has 1 aliphatic rings. The zero-order valence-corrected chi connectivity index (χ0v) is 13.0. The van der Waals surface area contributed by atoms with Crippen LogP contribution in [0, 0.1) is 4.77 Å². The third kappa shape index (κ3) is 3.07. The Morgan fingerprint density at radius 2 is 2.29 bits per heavy atom. The predicted octanol–water partition coefficient (Wildman–Crippen LogP) is 2.35. The molecule has 0 amide bonds. The number of ether oxygens (including phenoxy) is 1. The van der Waals surface area contributed by atoms with Crippen molar-refractivity contribution < 1.29 is 9.84 Å². The second-order valence-electron chi connectivity index (χ2n) is 4.95. The van der Waals surface area contributed by atoms with Crippen LogP contribution in [0.2, 0.25) is 0 Å². The molecule has 114 valence electrons. The Labute approximate surface area is 134 Å². The third-order valence-electron chi connectivity index (χ3n) is 3.59. The molecule has 0 bridgehead atoms. The number of aromatic nitrogens is 2. The Bertz CT molecular complexity index is 683. The SMILES string of the molecule is Cl.NCCc1c[nH]c(=S)n1C1COc2ccc(O)cc2C1. The fraction of sp³-hybridized carbons (Fsp3) is 0.357. The molecule has 7 heteroatoms. The van der Waals surface area contributed by atoms with E-state index in [1.807, 2.05) is 6.20 Å². The molecular formula is C14H18ClN3O2S. The summed E-state index contributed by atoms with van der Waals surface area (Å²) in [7, 11) is 0. The van der Waals surface area contributed by atoms with Gasteiger partial charge in [0.1, 0.15) is 18.1 Å². The number of H-pyrrole nitrogens is 1. The minimum Gasteiger partial charge on any atom is -0.508 e. The van der Waals surface area contributed by atoms with E-state index in [2.05, 4.69) is 9.55 Å². The summed E-state index contributed by atoms with van der Waals surface area (Å²) in [6.07, 6.45) is 3.47. The number of phenolic OH excluding ortho intramolecular Hbond substituents is 1. The van der Waals surface area contributed by atoms with Crippen molar-refractivity contribution in [2.75, 3.05) is 13.2 Å². The van der Waals surface area contributed by atoms with Crippen molar-refractivity contribution in [1.29, 1.82) is 0 Å². The maximum atomic E-state index is 9.59. The first-order valence-electron chi connectivity index (χ1n) is 6.62. The van der Waals surface area contributed by atoms with Gasteiger partial charge < -0.3 is 25.1 Å². The van der Waals surface area contributed by atoms with Crippen LogP contribution in [-0.4, -0.2) is 27.8 Å². The van der Waals surface area contributed by atoms with Gasteiger partial charge in [0.15, 0.2) is 4.77 Å². The van der Waals surface area contributed by atoms with E-state index in [1.165, 1.54) is 0 Å². The summed E-state index contributed by atoms with van der Waals surface area (Å²) < 4.78 is 8.54. The van der Waals surface area contributed by atoms with E-state index < -0.39 is 0 Å². The van der Waals surface area contributed by atoms with Gasteiger partial charge in [0.2, 0.25) is 0 Å². The van der Waals surface area contributed by atoms with Crippen molar-refractivity contribution in [2.45, 2.75) is 18.9 Å². The van der Waals surface area contributed by atoms with E-state index in [-0.39, 0.29) is 24.2 Å². The smallest absolute Gasteiger partial charge is 0.177 e. The molecule has 5 nitrogen and oxygen atoms in total. The fourth-order valence-electron chi connectivity index (χ4n) is 2.69. The summed E-state index contributed by atoms with van der Waals surface area (Å²) in [6, 6.07) is 5.32. The summed E-state index contributed by atoms with van der Waals surface area (Å²) in [5, 5.41) is 9.59. The molecule has 1 atom stereocenters. The van der Waals surface area contributed by atoms with Crippen LogP contribution >= 0.6 is 24.6 Å². The maximum Gasteiger partial charge on any atom is 0.177 e. The zero-order chi connectivity index (χ0) is 14.1. The number of imidazole rings is 1. The van der Waals surface area contributed by atoms with E-state index in [0.29, 0.717) is 17.9 Å². The lowest BCUT2D eigenvalue weighted by molar-refractivity contribution is 0.220. The first-order valence-corrected chi connectivity index (χ1v) is 7.03. The number of hydrogen-bond acceptors (Lipinski definition) is 4. The van der Waals surface area contributed by atoms with Crippen molar-refractivity contribution in [3.63, 3.8) is 0 Å². The second-order valence-corrected chi connectivity index (χ2v) is 5.34. The van der Waals surface area contributed by atoms with Gasteiger partial charge in [0.05, 0.1) is 6.04 Å². The van der Waals surface area contributed by atoms with Crippen LogP contribution in [0.4, 0.5) is 0 Å². The molecule has 2 heterocycles. The standard InChI is InChI=1S/C14H17N3O2S.ClH/c15-4-3-10-7-16-14(20)17(10)11-5-9-6-12(18)1-2-13(9)19-8-11;/h1-2,6-7,11,18H,3-5,8,15H2,(H,16,20);1H. The van der Waals surface area contributed by atoms with Crippen LogP contribution in [0.1, 0.15) is 17.3 Å². The Hall–Kier alpha value is -1.50. The first kappa shape index (κ1) is 15.9. The number of fused-ring (bicyclic) bond motifs is 1. The highest BCUT2D eigenvalue weighted by Gasteiger charge is 2.23. The highest BCUT2D eigenvalue weighted by molar-refractivity contribution is 7.71. The molecule has 0 saturated heterocycles. The number of halogens is 1. The van der Waals surface area contributed by atoms with Crippen LogP contribution in [0.25, 0.3) is 0 Å². The molecule has 3 rings (SSSR count). The van der Waals surface area contributed by atoms with Crippen molar-refractivity contribution in [3.05, 3.63) is 40.4 Å². The summed E-state index contributed by atoms with van der Waals surface area (Å²) >= 11 is 5.35. The van der Waals surface area contributed by atoms with Crippen molar-refractivity contribution >= 4 is 24.6 Å². The molecular weight excluding hydrogens is 310 g/mol. The maximum absolute atomic E-state index is 9.59. The number of benzene rings is 1. The van der Waals surface area contributed by atoms with Gasteiger partial charge in [0, 0.05) is 24.7 Å². The molecule has 1 aromatic carbocycles. The molecule has 0 spiro atoms. The summed E-state index contributed by atoms with van der Waals surface area (Å²) in [6.45, 7) is 1.15. The molecule has 0 saturated carbocycles. The van der Waals surface area contributed by atoms with Crippen LogP contribution in [0.5, 0.6) is 11.5 Å². The first-order chi connectivity index (χ1) is 9.69. The van der Waals surface area contributed by atoms with Crippen LogP contribution in [0.15, 0.2) is 24.4 Å². The van der Waals surface area contributed by atoms with Gasteiger partial charge >= 0.3 is 0 Å². The highest BCUT2D eigenvalue weighted by Crippen LogP contribution is 2.32. The van der Waals surface area contributed by atoms with Crippen LogP contribution < -0.4 is 10.5 Å². The minimum atomic E-state index is 0. The van der Waals surface area contributed by atoms with Crippen LogP contribution in [-0.2, 0) is 12.8 Å². The average Bonchev–Trinajstić information content (AvgIpc) is 2.79. The lowest BCUT2D eigenvalue weighted by atomic mass is 10.0. The normalized spacial score (nSPS) is 16.7. The predicted molar refractivity (Wildman–Crippen MR) is 86.0 cm³/mol. The van der Waals surface area contributed by atoms with Crippen molar-refractivity contribution in [3.8, 4) is 11.5 Å². The number of phenols is 1. The third-order valence-corrected chi connectivity index (χ3v) is 3.90. The molecule has 21 heavy (non-hydrogen) atoms. The fourth-order valence-corrected chi connectivity index (χ4v) is 3.01. The largest absolute Gasteiger partial charge is 0.508 e. The molecule has 1 aromatic heterocycles. The van der Waals surface area contributed by atoms with Gasteiger partial charge in [-0.25, -0.2) is 0 Å². The van der Waals surface area contributed by atoms with Gasteiger partial charge in [0.25, 0.3) is 0 Å². The molecule has 0 aliphatic carbocycles.